The molecular formula is C21H42. The van der Waals surface area contributed by atoms with E-state index in [4.69, 9.17) is 0 Å². The lowest BCUT2D eigenvalue weighted by Gasteiger charge is -2.05. The zero-order chi connectivity index (χ0) is 15.6. The Morgan fingerprint density at radius 1 is 0.524 bits per heavy atom. The van der Waals surface area contributed by atoms with E-state index in [1.54, 1.807) is 0 Å². The summed E-state index contributed by atoms with van der Waals surface area (Å²) in [5.74, 6) is 0.647. The molecular weight excluding hydrogens is 252 g/mol. The van der Waals surface area contributed by atoms with Gasteiger partial charge in [0.05, 0.1) is 0 Å². The minimum atomic E-state index is 0.647. The van der Waals surface area contributed by atoms with Gasteiger partial charge in [-0.1, -0.05) is 130 Å². The van der Waals surface area contributed by atoms with Crippen LogP contribution in [0.25, 0.3) is 0 Å². The molecule has 0 amide bonds. The summed E-state index contributed by atoms with van der Waals surface area (Å²) in [7, 11) is 0. The van der Waals surface area contributed by atoms with E-state index in [1.807, 2.05) is 0 Å². The summed E-state index contributed by atoms with van der Waals surface area (Å²) in [6, 6.07) is 0. The molecule has 0 aliphatic rings. The highest BCUT2D eigenvalue weighted by Crippen LogP contribution is 2.14. The van der Waals surface area contributed by atoms with Crippen LogP contribution >= 0.6 is 0 Å². The lowest BCUT2D eigenvalue weighted by molar-refractivity contribution is 0.516. The van der Waals surface area contributed by atoms with E-state index < -0.39 is 0 Å². The van der Waals surface area contributed by atoms with E-state index in [1.165, 1.54) is 103 Å². The minimum absolute atomic E-state index is 0.647. The SMILES string of the molecule is [CH2]CCCCCCCCCCCCCCCCCC([CH2])C. The monoisotopic (exact) mass is 294 g/mol. The van der Waals surface area contributed by atoms with Crippen molar-refractivity contribution < 1.29 is 0 Å². The molecule has 0 saturated heterocycles. The van der Waals surface area contributed by atoms with Crippen molar-refractivity contribution in [2.45, 2.75) is 116 Å². The predicted octanol–water partition coefficient (Wildman–Crippen LogP) is 7.92. The van der Waals surface area contributed by atoms with Gasteiger partial charge in [-0.05, 0) is 5.92 Å². The Labute approximate surface area is 136 Å². The van der Waals surface area contributed by atoms with Gasteiger partial charge < -0.3 is 0 Å². The number of hydrogen-bond donors (Lipinski definition) is 0. The molecule has 0 aromatic carbocycles. The highest BCUT2D eigenvalue weighted by atomic mass is 14.0. The molecule has 0 rings (SSSR count). The normalized spacial score (nSPS) is 11.4. The van der Waals surface area contributed by atoms with Crippen molar-refractivity contribution in [3.05, 3.63) is 13.8 Å². The maximum absolute atomic E-state index is 4.04. The van der Waals surface area contributed by atoms with Crippen LogP contribution in [0.4, 0.5) is 0 Å². The topological polar surface area (TPSA) is 0 Å². The van der Waals surface area contributed by atoms with E-state index in [9.17, 15) is 0 Å². The molecule has 0 spiro atoms. The molecule has 1 unspecified atom stereocenters. The zero-order valence-corrected chi connectivity index (χ0v) is 15.0. The Balaban J connectivity index is 2.93. The zero-order valence-electron chi connectivity index (χ0n) is 15.0. The van der Waals surface area contributed by atoms with Gasteiger partial charge in [-0.3, -0.25) is 0 Å². The molecule has 0 heteroatoms. The number of rotatable bonds is 17. The summed E-state index contributed by atoms with van der Waals surface area (Å²) in [4.78, 5) is 0. The molecule has 0 bridgehead atoms. The van der Waals surface area contributed by atoms with E-state index in [0.29, 0.717) is 5.92 Å². The largest absolute Gasteiger partial charge is 0.0625 e. The molecule has 0 nitrogen and oxygen atoms in total. The van der Waals surface area contributed by atoms with Gasteiger partial charge in [0.15, 0.2) is 0 Å². The van der Waals surface area contributed by atoms with E-state index >= 15 is 0 Å². The van der Waals surface area contributed by atoms with Crippen LogP contribution in [0.3, 0.4) is 0 Å². The van der Waals surface area contributed by atoms with Crippen LogP contribution in [-0.2, 0) is 0 Å². The third kappa shape index (κ3) is 20.0. The molecule has 0 aromatic rings. The number of unbranched alkanes of at least 4 members (excludes halogenated alkanes) is 15. The third-order valence-electron chi connectivity index (χ3n) is 4.45. The van der Waals surface area contributed by atoms with Crippen molar-refractivity contribution in [1.29, 1.82) is 0 Å². The van der Waals surface area contributed by atoms with E-state index in [2.05, 4.69) is 20.8 Å². The Morgan fingerprint density at radius 3 is 1.10 bits per heavy atom. The third-order valence-corrected chi connectivity index (χ3v) is 4.45. The fraction of sp³-hybridized carbons (Fsp3) is 0.905. The van der Waals surface area contributed by atoms with Crippen LogP contribution in [0, 0.1) is 19.8 Å². The van der Waals surface area contributed by atoms with Gasteiger partial charge in [-0.25, -0.2) is 0 Å². The molecule has 2 radical (unpaired) electrons. The average molecular weight is 295 g/mol. The van der Waals surface area contributed by atoms with Crippen LogP contribution in [0.2, 0.25) is 0 Å². The maximum atomic E-state index is 4.04. The average Bonchev–Trinajstić information content (AvgIpc) is 2.46. The van der Waals surface area contributed by atoms with Crippen molar-refractivity contribution in [1.82, 2.24) is 0 Å². The molecule has 1 atom stereocenters. The van der Waals surface area contributed by atoms with Gasteiger partial charge in [0.1, 0.15) is 0 Å². The Kier molecular flexibility index (Phi) is 18.1. The molecule has 0 aliphatic heterocycles. The first-order valence-corrected chi connectivity index (χ1v) is 9.89. The Bertz CT molecular complexity index is 171. The first-order valence-electron chi connectivity index (χ1n) is 9.89. The first-order chi connectivity index (χ1) is 10.3. The molecule has 0 aliphatic carbocycles. The second-order valence-electron chi connectivity index (χ2n) is 7.05. The fourth-order valence-electron chi connectivity index (χ4n) is 2.97. The molecule has 0 aromatic heterocycles. The highest BCUT2D eigenvalue weighted by molar-refractivity contribution is 4.55. The summed E-state index contributed by atoms with van der Waals surface area (Å²) in [5.41, 5.74) is 0. The lowest BCUT2D eigenvalue weighted by atomic mass is 10.0. The standard InChI is InChI=1S/C21H42/c1-4-5-6-7-8-9-10-11-12-13-14-15-16-17-18-19-20-21(2)3/h21H,1-2,4-20H2,3H3. The summed E-state index contributed by atoms with van der Waals surface area (Å²) in [6.07, 6.45) is 24.0. The minimum Gasteiger partial charge on any atom is -0.0625 e. The van der Waals surface area contributed by atoms with Crippen LogP contribution in [0.5, 0.6) is 0 Å². The summed E-state index contributed by atoms with van der Waals surface area (Å²) in [5, 5.41) is 0. The van der Waals surface area contributed by atoms with Crippen LogP contribution < -0.4 is 0 Å². The van der Waals surface area contributed by atoms with E-state index in [-0.39, 0.29) is 0 Å². The van der Waals surface area contributed by atoms with Crippen molar-refractivity contribution >= 4 is 0 Å². The van der Waals surface area contributed by atoms with Crippen LogP contribution in [0.15, 0.2) is 0 Å². The number of hydrogen-bond acceptors (Lipinski definition) is 0. The molecule has 0 N–H and O–H groups in total. The summed E-state index contributed by atoms with van der Waals surface area (Å²) >= 11 is 0. The molecule has 0 fully saturated rings. The van der Waals surface area contributed by atoms with Gasteiger partial charge in [-0.15, -0.1) is 0 Å². The molecule has 0 saturated carbocycles. The van der Waals surface area contributed by atoms with Crippen LogP contribution in [0.1, 0.15) is 116 Å². The smallest absolute Gasteiger partial charge is 0.0443 e. The van der Waals surface area contributed by atoms with Gasteiger partial charge in [-0.2, -0.15) is 0 Å². The Morgan fingerprint density at radius 2 is 0.810 bits per heavy atom. The maximum Gasteiger partial charge on any atom is -0.0443 e. The summed E-state index contributed by atoms with van der Waals surface area (Å²) in [6.45, 7) is 10.2. The second kappa shape index (κ2) is 18.1. The quantitative estimate of drug-likeness (QED) is 0.239. The van der Waals surface area contributed by atoms with Gasteiger partial charge in [0.25, 0.3) is 0 Å². The van der Waals surface area contributed by atoms with Crippen LogP contribution in [-0.4, -0.2) is 0 Å². The van der Waals surface area contributed by atoms with Crippen molar-refractivity contribution in [2.24, 2.45) is 5.92 Å². The first kappa shape index (κ1) is 21.0. The van der Waals surface area contributed by atoms with Crippen molar-refractivity contribution in [2.75, 3.05) is 0 Å². The molecule has 21 heavy (non-hydrogen) atoms. The fourth-order valence-corrected chi connectivity index (χ4v) is 2.97. The molecule has 126 valence electrons. The predicted molar refractivity (Wildman–Crippen MR) is 98.4 cm³/mol. The van der Waals surface area contributed by atoms with Gasteiger partial charge >= 0.3 is 0 Å². The highest BCUT2D eigenvalue weighted by Gasteiger charge is 1.96. The lowest BCUT2D eigenvalue weighted by Crippen LogP contribution is -1.87. The van der Waals surface area contributed by atoms with Gasteiger partial charge in [0.2, 0.25) is 0 Å². The van der Waals surface area contributed by atoms with Gasteiger partial charge in [0, 0.05) is 0 Å². The van der Waals surface area contributed by atoms with E-state index in [0.717, 1.165) is 6.42 Å². The summed E-state index contributed by atoms with van der Waals surface area (Å²) < 4.78 is 0. The van der Waals surface area contributed by atoms with Crippen molar-refractivity contribution in [3.8, 4) is 0 Å². The Hall–Kier alpha value is 0. The van der Waals surface area contributed by atoms with Crippen molar-refractivity contribution in [3.63, 3.8) is 0 Å². The molecule has 0 heterocycles. The second-order valence-corrected chi connectivity index (χ2v) is 7.05.